The number of hydrogen-bond acceptors (Lipinski definition) is 8. The zero-order chi connectivity index (χ0) is 33.0. The fraction of sp³-hybridized carbons (Fsp3) is 0.828. The first-order valence-corrected chi connectivity index (χ1v) is 14.6. The van der Waals surface area contributed by atoms with Crippen LogP contribution in [0.15, 0.2) is 0 Å². The fourth-order valence-corrected chi connectivity index (χ4v) is 3.54. The van der Waals surface area contributed by atoms with E-state index in [1.165, 1.54) is 6.92 Å². The Morgan fingerprint density at radius 2 is 1.10 bits per heavy atom. The monoisotopic (exact) mass is 600 g/mol. The van der Waals surface area contributed by atoms with Crippen molar-refractivity contribution >= 4 is 29.5 Å². The van der Waals surface area contributed by atoms with Crippen molar-refractivity contribution in [3.05, 3.63) is 0 Å². The van der Waals surface area contributed by atoms with Crippen LogP contribution in [0.5, 0.6) is 0 Å². The summed E-state index contributed by atoms with van der Waals surface area (Å²) in [6, 6.07) is -5.14. The molecule has 8 N–H and O–H groups in total. The average Bonchev–Trinajstić information content (AvgIpc) is 2.84. The molecule has 0 aliphatic heterocycles. The quantitative estimate of drug-likeness (QED) is 0.138. The lowest BCUT2D eigenvalue weighted by Gasteiger charge is -2.30. The molecular weight excluding hydrogens is 544 g/mol. The average molecular weight is 601 g/mol. The van der Waals surface area contributed by atoms with E-state index in [9.17, 15) is 24.0 Å². The van der Waals surface area contributed by atoms with Gasteiger partial charge in [-0.2, -0.15) is 0 Å². The normalized spacial score (nSPS) is 16.4. The maximum atomic E-state index is 13.5. The number of rotatable bonds is 17. The minimum Gasteiger partial charge on any atom is -0.373 e. The molecule has 0 spiro atoms. The smallest absolute Gasteiger partial charge is 0.245 e. The van der Waals surface area contributed by atoms with Crippen LogP contribution in [0.1, 0.15) is 89.0 Å². The van der Waals surface area contributed by atoms with Crippen LogP contribution in [0.25, 0.3) is 0 Å². The van der Waals surface area contributed by atoms with E-state index in [0.29, 0.717) is 6.42 Å². The summed E-state index contributed by atoms with van der Waals surface area (Å²) in [5.41, 5.74) is 9.95. The predicted octanol–water partition coefficient (Wildman–Crippen LogP) is 0.481. The predicted molar refractivity (Wildman–Crippen MR) is 161 cm³/mol. The summed E-state index contributed by atoms with van der Waals surface area (Å²) < 4.78 is 11.4. The van der Waals surface area contributed by atoms with Gasteiger partial charge >= 0.3 is 0 Å². The van der Waals surface area contributed by atoms with Crippen molar-refractivity contribution in [3.63, 3.8) is 0 Å². The van der Waals surface area contributed by atoms with Gasteiger partial charge in [-0.15, -0.1) is 0 Å². The number of amides is 5. The van der Waals surface area contributed by atoms with Crippen molar-refractivity contribution in [1.29, 1.82) is 0 Å². The highest BCUT2D eigenvalue weighted by atomic mass is 16.5. The molecule has 6 atom stereocenters. The second kappa shape index (κ2) is 17.4. The molecule has 5 amide bonds. The minimum atomic E-state index is -1.22. The molecule has 0 saturated carbocycles. The Labute approximate surface area is 251 Å². The number of primary amides is 1. The topological polar surface area (TPSA) is 204 Å². The van der Waals surface area contributed by atoms with Gasteiger partial charge in [-0.25, -0.2) is 0 Å². The Kier molecular flexibility index (Phi) is 16.2. The van der Waals surface area contributed by atoms with Crippen LogP contribution in [0.3, 0.4) is 0 Å². The van der Waals surface area contributed by atoms with Gasteiger partial charge in [0.2, 0.25) is 29.5 Å². The molecule has 0 fully saturated rings. The summed E-state index contributed by atoms with van der Waals surface area (Å²) in [7, 11) is 0. The molecule has 42 heavy (non-hydrogen) atoms. The maximum absolute atomic E-state index is 13.5. The van der Waals surface area contributed by atoms with Crippen molar-refractivity contribution in [3.8, 4) is 0 Å². The SMILES string of the molecule is CC[C@H](C)[C@H](NC(=O)[C@H](C)N)C(=O)N[C@@H](CC(C)C)C(=O)N[C@@H](COC(C)(C)C)C(=O)N[C@@H](COC(C)(C)C)C(N)=O. The summed E-state index contributed by atoms with van der Waals surface area (Å²) in [5, 5.41) is 10.6. The molecule has 0 saturated heterocycles. The molecule has 244 valence electrons. The summed E-state index contributed by atoms with van der Waals surface area (Å²) in [6.45, 7) is 19.4. The van der Waals surface area contributed by atoms with Gasteiger partial charge in [0, 0.05) is 0 Å². The third-order valence-electron chi connectivity index (χ3n) is 6.21. The molecule has 0 rings (SSSR count). The van der Waals surface area contributed by atoms with Gasteiger partial charge in [0.1, 0.15) is 24.2 Å². The Morgan fingerprint density at radius 3 is 1.50 bits per heavy atom. The molecule has 0 radical (unpaired) electrons. The van der Waals surface area contributed by atoms with Crippen molar-refractivity contribution in [1.82, 2.24) is 21.3 Å². The van der Waals surface area contributed by atoms with Crippen LogP contribution in [-0.4, -0.2) is 84.2 Å². The van der Waals surface area contributed by atoms with Crippen molar-refractivity contribution in [2.75, 3.05) is 13.2 Å². The van der Waals surface area contributed by atoms with Crippen LogP contribution in [-0.2, 0) is 33.4 Å². The first-order valence-electron chi connectivity index (χ1n) is 14.6. The number of hydrogen-bond donors (Lipinski definition) is 6. The lowest BCUT2D eigenvalue weighted by Crippen LogP contribution is -2.61. The molecule has 0 aromatic carbocycles. The second-order valence-corrected chi connectivity index (χ2v) is 13.2. The van der Waals surface area contributed by atoms with Crippen molar-refractivity contribution < 1.29 is 33.4 Å². The Bertz CT molecular complexity index is 911. The first kappa shape index (κ1) is 39.2. The minimum absolute atomic E-state index is 0.00588. The van der Waals surface area contributed by atoms with Crippen molar-refractivity contribution in [2.24, 2.45) is 23.3 Å². The Balaban J connectivity index is 6.02. The van der Waals surface area contributed by atoms with Gasteiger partial charge in [-0.1, -0.05) is 34.1 Å². The van der Waals surface area contributed by atoms with E-state index in [4.69, 9.17) is 20.9 Å². The number of ether oxygens (including phenoxy) is 2. The van der Waals surface area contributed by atoms with E-state index in [0.717, 1.165) is 0 Å². The van der Waals surface area contributed by atoms with Gasteiger partial charge in [0.05, 0.1) is 30.5 Å². The molecular formula is C29H56N6O7. The molecule has 13 nitrogen and oxygen atoms in total. The molecule has 0 aliphatic carbocycles. The lowest BCUT2D eigenvalue weighted by atomic mass is 9.96. The van der Waals surface area contributed by atoms with E-state index in [2.05, 4.69) is 21.3 Å². The highest BCUT2D eigenvalue weighted by Crippen LogP contribution is 2.13. The van der Waals surface area contributed by atoms with E-state index in [1.54, 1.807) is 41.5 Å². The Morgan fingerprint density at radius 1 is 0.667 bits per heavy atom. The summed E-state index contributed by atoms with van der Waals surface area (Å²) in [4.78, 5) is 64.5. The zero-order valence-corrected chi connectivity index (χ0v) is 27.4. The van der Waals surface area contributed by atoms with Gasteiger partial charge in [0.15, 0.2) is 0 Å². The number of carbonyl (C=O) groups is 5. The third-order valence-corrected chi connectivity index (χ3v) is 6.21. The van der Waals surface area contributed by atoms with Crippen LogP contribution < -0.4 is 32.7 Å². The maximum Gasteiger partial charge on any atom is 0.245 e. The largest absolute Gasteiger partial charge is 0.373 e. The zero-order valence-electron chi connectivity index (χ0n) is 27.4. The molecule has 0 bridgehead atoms. The highest BCUT2D eigenvalue weighted by Gasteiger charge is 2.34. The van der Waals surface area contributed by atoms with Gasteiger partial charge in [-0.3, -0.25) is 24.0 Å². The van der Waals surface area contributed by atoms with Crippen molar-refractivity contribution in [2.45, 2.75) is 130 Å². The summed E-state index contributed by atoms with van der Waals surface area (Å²) in [5.74, 6) is -3.41. The van der Waals surface area contributed by atoms with Gasteiger partial charge in [0.25, 0.3) is 0 Å². The number of carbonyl (C=O) groups excluding carboxylic acids is 5. The van der Waals surface area contributed by atoms with Gasteiger partial charge in [-0.05, 0) is 66.7 Å². The molecule has 0 aromatic heterocycles. The molecule has 13 heteroatoms. The van der Waals surface area contributed by atoms with Crippen LogP contribution in [0, 0.1) is 11.8 Å². The number of nitrogens with two attached hydrogens (primary N) is 2. The standard InChI is InChI=1S/C29H56N6O7/c1-12-17(4)22(35-24(37)18(5)30)27(40)32-19(13-16(2)3)25(38)34-21(15-42-29(9,10)11)26(39)33-20(23(31)36)14-41-28(6,7)8/h16-22H,12-15,30H2,1-11H3,(H2,31,36)(H,32,40)(H,33,39)(H,34,38)(H,35,37)/t17-,18-,19-,20-,21-,22-/m0/s1. The third kappa shape index (κ3) is 16.0. The first-order chi connectivity index (χ1) is 19.1. The number of nitrogens with one attached hydrogen (secondary N) is 4. The molecule has 0 aliphatic rings. The van der Waals surface area contributed by atoms with Crippen LogP contribution >= 0.6 is 0 Å². The summed E-state index contributed by atoms with van der Waals surface area (Å²) in [6.07, 6.45) is 0.842. The van der Waals surface area contributed by atoms with Crippen LogP contribution in [0.4, 0.5) is 0 Å². The van der Waals surface area contributed by atoms with E-state index in [-0.39, 0.29) is 31.5 Å². The second-order valence-electron chi connectivity index (χ2n) is 13.2. The molecule has 0 unspecified atom stereocenters. The highest BCUT2D eigenvalue weighted by molar-refractivity contribution is 5.95. The van der Waals surface area contributed by atoms with E-state index >= 15 is 0 Å². The Hall–Kier alpha value is -2.77. The molecule has 0 heterocycles. The molecule has 0 aromatic rings. The summed E-state index contributed by atoms with van der Waals surface area (Å²) >= 11 is 0. The lowest BCUT2D eigenvalue weighted by molar-refractivity contribution is -0.138. The van der Waals surface area contributed by atoms with Gasteiger partial charge < -0.3 is 42.2 Å². The van der Waals surface area contributed by atoms with Crippen LogP contribution in [0.2, 0.25) is 0 Å². The fourth-order valence-electron chi connectivity index (χ4n) is 3.54. The van der Waals surface area contributed by atoms with E-state index < -0.39 is 70.9 Å². The van der Waals surface area contributed by atoms with E-state index in [1.807, 2.05) is 27.7 Å².